The number of rotatable bonds is 10. The number of amides is 1. The number of carbonyl (C=O) groups excluding carboxylic acids is 1. The summed E-state index contributed by atoms with van der Waals surface area (Å²) in [5.41, 5.74) is 2.49. The predicted molar refractivity (Wildman–Crippen MR) is 141 cm³/mol. The number of carboxylic acid groups (broad SMARTS) is 1. The highest BCUT2D eigenvalue weighted by Gasteiger charge is 2.20. The lowest BCUT2D eigenvalue weighted by molar-refractivity contribution is -0.138. The molecular formula is C28H25BrN2O6. The number of carboxylic acids is 1. The first-order valence-electron chi connectivity index (χ1n) is 11.5. The first-order valence-corrected chi connectivity index (χ1v) is 12.3. The summed E-state index contributed by atoms with van der Waals surface area (Å²) in [6, 6.07) is 23.6. The number of benzene rings is 3. The van der Waals surface area contributed by atoms with E-state index < -0.39 is 18.6 Å². The molecule has 0 bridgehead atoms. The Kier molecular flexibility index (Phi) is 8.58. The summed E-state index contributed by atoms with van der Waals surface area (Å²) in [5, 5.41) is 9.25. The highest BCUT2D eigenvalue weighted by molar-refractivity contribution is 9.10. The molecule has 4 aromatic rings. The van der Waals surface area contributed by atoms with Crippen molar-refractivity contribution >= 4 is 28.0 Å². The number of nitrogens with zero attached hydrogens (tertiary/aromatic N) is 2. The van der Waals surface area contributed by atoms with E-state index in [2.05, 4.69) is 20.9 Å². The van der Waals surface area contributed by atoms with Crippen LogP contribution in [0, 0.1) is 6.92 Å². The Balaban J connectivity index is 1.32. The van der Waals surface area contributed by atoms with Gasteiger partial charge in [0.1, 0.15) is 23.8 Å². The van der Waals surface area contributed by atoms with Crippen LogP contribution in [0.5, 0.6) is 11.5 Å². The lowest BCUT2D eigenvalue weighted by Gasteiger charge is -2.20. The average Bonchev–Trinajstić information content (AvgIpc) is 3.25. The number of oxazole rings is 1. The van der Waals surface area contributed by atoms with Crippen LogP contribution < -0.4 is 9.47 Å². The molecule has 8 nitrogen and oxygen atoms in total. The third-order valence-corrected chi connectivity index (χ3v) is 5.90. The van der Waals surface area contributed by atoms with Gasteiger partial charge in [-0.25, -0.2) is 9.78 Å². The molecule has 0 spiro atoms. The fourth-order valence-electron chi connectivity index (χ4n) is 3.59. The summed E-state index contributed by atoms with van der Waals surface area (Å²) < 4.78 is 17.7. The van der Waals surface area contributed by atoms with Crippen molar-refractivity contribution in [3.8, 4) is 23.0 Å². The van der Waals surface area contributed by atoms with Crippen molar-refractivity contribution < 1.29 is 28.6 Å². The molecule has 1 heterocycles. The zero-order chi connectivity index (χ0) is 26.2. The number of aliphatic carboxylic acids is 1. The molecule has 9 heteroatoms. The third-order valence-electron chi connectivity index (χ3n) is 5.40. The molecule has 190 valence electrons. The summed E-state index contributed by atoms with van der Waals surface area (Å²) in [6.07, 6.45) is -0.170. The molecule has 37 heavy (non-hydrogen) atoms. The second-order valence-corrected chi connectivity index (χ2v) is 9.12. The molecule has 1 N–H and O–H groups in total. The molecule has 1 amide bonds. The summed E-state index contributed by atoms with van der Waals surface area (Å²) in [5.74, 6) is 1.17. The minimum atomic E-state index is -1.13. The van der Waals surface area contributed by atoms with Crippen LogP contribution in [-0.2, 0) is 17.8 Å². The lowest BCUT2D eigenvalue weighted by Crippen LogP contribution is -2.37. The first-order chi connectivity index (χ1) is 17.9. The van der Waals surface area contributed by atoms with Crippen molar-refractivity contribution in [2.45, 2.75) is 19.9 Å². The van der Waals surface area contributed by atoms with E-state index in [4.69, 9.17) is 13.9 Å². The minimum absolute atomic E-state index is 0.0693. The molecule has 0 unspecified atom stereocenters. The number of hydrogen-bond acceptors (Lipinski definition) is 6. The largest absolute Gasteiger partial charge is 0.493 e. The molecule has 0 aliphatic carbocycles. The Morgan fingerprint density at radius 3 is 2.46 bits per heavy atom. The Morgan fingerprint density at radius 1 is 1.00 bits per heavy atom. The number of ether oxygens (including phenoxy) is 2. The van der Waals surface area contributed by atoms with Crippen LogP contribution in [0.4, 0.5) is 4.79 Å². The van der Waals surface area contributed by atoms with Gasteiger partial charge < -0.3 is 19.0 Å². The maximum atomic E-state index is 12.6. The molecule has 4 rings (SSSR count). The van der Waals surface area contributed by atoms with E-state index >= 15 is 0 Å². The van der Waals surface area contributed by atoms with Gasteiger partial charge in [0.15, 0.2) is 0 Å². The summed E-state index contributed by atoms with van der Waals surface area (Å²) in [7, 11) is 0. The van der Waals surface area contributed by atoms with Crippen LogP contribution in [0.3, 0.4) is 0 Å². The number of hydrogen-bond donors (Lipinski definition) is 1. The van der Waals surface area contributed by atoms with Gasteiger partial charge >= 0.3 is 12.1 Å². The van der Waals surface area contributed by atoms with Crippen LogP contribution in [0.1, 0.15) is 17.0 Å². The van der Waals surface area contributed by atoms with Crippen molar-refractivity contribution in [1.29, 1.82) is 0 Å². The molecule has 0 aliphatic heterocycles. The lowest BCUT2D eigenvalue weighted by atomic mass is 10.2. The van der Waals surface area contributed by atoms with Gasteiger partial charge in [0, 0.05) is 23.0 Å². The molecule has 0 saturated carbocycles. The van der Waals surface area contributed by atoms with E-state index in [0.717, 1.165) is 32.0 Å². The van der Waals surface area contributed by atoms with Gasteiger partial charge in [0.2, 0.25) is 5.89 Å². The smallest absolute Gasteiger partial charge is 0.416 e. The van der Waals surface area contributed by atoms with Crippen LogP contribution in [0.15, 0.2) is 87.8 Å². The second-order valence-electron chi connectivity index (χ2n) is 8.21. The van der Waals surface area contributed by atoms with E-state index in [9.17, 15) is 14.7 Å². The first kappa shape index (κ1) is 26.0. The van der Waals surface area contributed by atoms with E-state index in [1.54, 1.807) is 48.5 Å². The topological polar surface area (TPSA) is 102 Å². The number of aromatic nitrogens is 1. The quantitative estimate of drug-likeness (QED) is 0.247. The number of halogens is 1. The van der Waals surface area contributed by atoms with Crippen LogP contribution in [0.2, 0.25) is 0 Å². The van der Waals surface area contributed by atoms with E-state index in [0.29, 0.717) is 30.4 Å². The Labute approximate surface area is 222 Å². The van der Waals surface area contributed by atoms with E-state index in [-0.39, 0.29) is 6.54 Å². The minimum Gasteiger partial charge on any atom is -0.493 e. The highest BCUT2D eigenvalue weighted by atomic mass is 79.9. The second kappa shape index (κ2) is 12.2. The maximum absolute atomic E-state index is 12.6. The van der Waals surface area contributed by atoms with E-state index in [1.165, 1.54) is 0 Å². The molecule has 1 aromatic heterocycles. The zero-order valence-electron chi connectivity index (χ0n) is 20.1. The van der Waals surface area contributed by atoms with Gasteiger partial charge in [-0.2, -0.15) is 0 Å². The molecule has 0 aliphatic rings. The Morgan fingerprint density at radius 2 is 1.76 bits per heavy atom. The van der Waals surface area contributed by atoms with Gasteiger partial charge in [0.25, 0.3) is 0 Å². The molecular weight excluding hydrogens is 540 g/mol. The fourth-order valence-corrected chi connectivity index (χ4v) is 3.96. The molecule has 3 aromatic carbocycles. The summed E-state index contributed by atoms with van der Waals surface area (Å²) in [4.78, 5) is 29.6. The number of carbonyl (C=O) groups is 2. The third kappa shape index (κ3) is 7.44. The number of aryl methyl sites for hydroxylation is 1. The van der Waals surface area contributed by atoms with Gasteiger partial charge in [0.05, 0.1) is 12.3 Å². The molecule has 0 radical (unpaired) electrons. The monoisotopic (exact) mass is 564 g/mol. The van der Waals surface area contributed by atoms with Crippen LogP contribution >= 0.6 is 15.9 Å². The highest BCUT2D eigenvalue weighted by Crippen LogP contribution is 2.23. The summed E-state index contributed by atoms with van der Waals surface area (Å²) in [6.45, 7) is 1.87. The van der Waals surface area contributed by atoms with E-state index in [1.807, 2.05) is 37.3 Å². The van der Waals surface area contributed by atoms with Gasteiger partial charge in [-0.3, -0.25) is 9.69 Å². The standard InChI is InChI=1S/C28H25BrN2O6/c1-19-25(30-27(36-19)21-6-3-2-4-7-21)14-15-35-23-12-10-20(11-13-23)17-31(18-26(32)33)28(34)37-24-9-5-8-22(29)16-24/h2-13,16H,14-15,17-18H2,1H3,(H,32,33). The van der Waals surface area contributed by atoms with Crippen molar-refractivity contribution in [2.75, 3.05) is 13.2 Å². The molecule has 0 atom stereocenters. The van der Waals surface area contributed by atoms with Crippen LogP contribution in [0.25, 0.3) is 11.5 Å². The Bertz CT molecular complexity index is 1350. The average molecular weight is 565 g/mol. The van der Waals surface area contributed by atoms with Crippen molar-refractivity contribution in [2.24, 2.45) is 0 Å². The molecule has 0 saturated heterocycles. The van der Waals surface area contributed by atoms with Gasteiger partial charge in [-0.1, -0.05) is 52.3 Å². The maximum Gasteiger partial charge on any atom is 0.416 e. The van der Waals surface area contributed by atoms with Crippen molar-refractivity contribution in [1.82, 2.24) is 9.88 Å². The van der Waals surface area contributed by atoms with Crippen molar-refractivity contribution in [3.63, 3.8) is 0 Å². The fraction of sp³-hybridized carbons (Fsp3) is 0.179. The SMILES string of the molecule is Cc1oc(-c2ccccc2)nc1CCOc1ccc(CN(CC(=O)O)C(=O)Oc2cccc(Br)c2)cc1. The normalized spacial score (nSPS) is 10.6. The van der Waals surface area contributed by atoms with Crippen LogP contribution in [-0.4, -0.2) is 40.2 Å². The van der Waals surface area contributed by atoms with Gasteiger partial charge in [-0.05, 0) is 55.0 Å². The molecule has 0 fully saturated rings. The van der Waals surface area contributed by atoms with Gasteiger partial charge in [-0.15, -0.1) is 0 Å². The van der Waals surface area contributed by atoms with Crippen molar-refractivity contribution in [3.05, 3.63) is 100 Å². The zero-order valence-corrected chi connectivity index (χ0v) is 21.7. The predicted octanol–water partition coefficient (Wildman–Crippen LogP) is 6.12. The Hall–Kier alpha value is -4.11. The summed E-state index contributed by atoms with van der Waals surface area (Å²) >= 11 is 3.32.